The fourth-order valence-corrected chi connectivity index (χ4v) is 2.77. The molecule has 106 valence electrons. The summed E-state index contributed by atoms with van der Waals surface area (Å²) in [6, 6.07) is 0. The molecular formula is C14H29N3O. The van der Waals surface area contributed by atoms with E-state index in [1.165, 1.54) is 44.9 Å². The number of amidine groups is 1. The number of hydrogen-bond acceptors (Lipinski definition) is 3. The largest absolute Gasteiger partial charge is 0.383 e. The number of nitrogens with one attached hydrogen (secondary N) is 1. The van der Waals surface area contributed by atoms with Crippen molar-refractivity contribution in [3.63, 3.8) is 0 Å². The van der Waals surface area contributed by atoms with Gasteiger partial charge in [0.05, 0.1) is 13.2 Å². The molecule has 4 heteroatoms. The molecule has 1 rings (SSSR count). The fourth-order valence-electron chi connectivity index (χ4n) is 2.77. The molecule has 0 unspecified atom stereocenters. The number of ether oxygens (including phenoxy) is 1. The average Bonchev–Trinajstić information content (AvgIpc) is 2.42. The molecule has 0 radical (unpaired) electrons. The standard InChI is InChI=1S/C14H29N3O/c1-3-4-5-12-6-8-13(9-7-12)14(17-15)16-10-11-18-2/h12-13H,3-11,15H2,1-2H3,(H,16,17). The molecule has 0 bridgehead atoms. The Labute approximate surface area is 111 Å². The fraction of sp³-hybridized carbons (Fsp3) is 0.929. The summed E-state index contributed by atoms with van der Waals surface area (Å²) < 4.78 is 5.01. The van der Waals surface area contributed by atoms with Gasteiger partial charge in [-0.2, -0.15) is 0 Å². The van der Waals surface area contributed by atoms with Crippen molar-refractivity contribution in [2.75, 3.05) is 20.3 Å². The predicted molar refractivity (Wildman–Crippen MR) is 76.5 cm³/mol. The Morgan fingerprint density at radius 3 is 2.61 bits per heavy atom. The second-order valence-corrected chi connectivity index (χ2v) is 5.26. The number of aliphatic imine (C=N–C) groups is 1. The third-order valence-electron chi connectivity index (χ3n) is 3.92. The van der Waals surface area contributed by atoms with E-state index in [2.05, 4.69) is 17.3 Å². The minimum absolute atomic E-state index is 0.532. The van der Waals surface area contributed by atoms with Gasteiger partial charge in [-0.3, -0.25) is 4.99 Å². The Bertz CT molecular complexity index is 235. The van der Waals surface area contributed by atoms with Crippen LogP contribution in [-0.2, 0) is 4.74 Å². The van der Waals surface area contributed by atoms with Crippen LogP contribution in [0.25, 0.3) is 0 Å². The maximum absolute atomic E-state index is 5.58. The Morgan fingerprint density at radius 1 is 1.33 bits per heavy atom. The van der Waals surface area contributed by atoms with Crippen LogP contribution >= 0.6 is 0 Å². The lowest BCUT2D eigenvalue weighted by Gasteiger charge is -2.29. The second-order valence-electron chi connectivity index (χ2n) is 5.26. The van der Waals surface area contributed by atoms with Gasteiger partial charge in [0.15, 0.2) is 0 Å². The molecule has 1 saturated carbocycles. The summed E-state index contributed by atoms with van der Waals surface area (Å²) >= 11 is 0. The molecule has 1 aliphatic carbocycles. The summed E-state index contributed by atoms with van der Waals surface area (Å²) in [5.74, 6) is 8.01. The van der Waals surface area contributed by atoms with Crippen LogP contribution < -0.4 is 11.3 Å². The summed E-state index contributed by atoms with van der Waals surface area (Å²) in [7, 11) is 1.70. The first-order valence-corrected chi connectivity index (χ1v) is 7.31. The van der Waals surface area contributed by atoms with Crippen molar-refractivity contribution in [1.29, 1.82) is 0 Å². The average molecular weight is 255 g/mol. The number of hydrogen-bond donors (Lipinski definition) is 2. The SMILES string of the molecule is CCCCC1CCC(C(=NCCOC)NN)CC1. The van der Waals surface area contributed by atoms with E-state index in [0.717, 1.165) is 11.8 Å². The van der Waals surface area contributed by atoms with Gasteiger partial charge in [0, 0.05) is 13.0 Å². The van der Waals surface area contributed by atoms with Crippen LogP contribution in [0, 0.1) is 11.8 Å². The van der Waals surface area contributed by atoms with Crippen LogP contribution in [0.1, 0.15) is 51.9 Å². The molecule has 0 atom stereocenters. The molecule has 18 heavy (non-hydrogen) atoms. The lowest BCUT2D eigenvalue weighted by molar-refractivity contribution is 0.207. The summed E-state index contributed by atoms with van der Waals surface area (Å²) in [4.78, 5) is 4.50. The Hall–Kier alpha value is -0.610. The van der Waals surface area contributed by atoms with Gasteiger partial charge in [0.1, 0.15) is 5.84 Å². The smallest absolute Gasteiger partial charge is 0.113 e. The number of nitrogens with zero attached hydrogens (tertiary/aromatic N) is 1. The van der Waals surface area contributed by atoms with E-state index in [9.17, 15) is 0 Å². The molecule has 1 fully saturated rings. The van der Waals surface area contributed by atoms with E-state index < -0.39 is 0 Å². The molecule has 1 aliphatic rings. The number of nitrogens with two attached hydrogens (primary N) is 1. The number of methoxy groups -OCH3 is 1. The molecule has 0 aromatic heterocycles. The van der Waals surface area contributed by atoms with E-state index in [0.29, 0.717) is 19.1 Å². The van der Waals surface area contributed by atoms with Crippen LogP contribution in [-0.4, -0.2) is 26.1 Å². The summed E-state index contributed by atoms with van der Waals surface area (Å²) in [5, 5.41) is 0. The van der Waals surface area contributed by atoms with Crippen LogP contribution in [0.4, 0.5) is 0 Å². The molecule has 0 aliphatic heterocycles. The van der Waals surface area contributed by atoms with Gasteiger partial charge in [-0.25, -0.2) is 5.84 Å². The van der Waals surface area contributed by atoms with Crippen molar-refractivity contribution in [2.24, 2.45) is 22.7 Å². The molecule has 0 heterocycles. The summed E-state index contributed by atoms with van der Waals surface area (Å²) in [5.41, 5.74) is 2.78. The Morgan fingerprint density at radius 2 is 2.06 bits per heavy atom. The normalized spacial score (nSPS) is 25.2. The van der Waals surface area contributed by atoms with E-state index in [1.807, 2.05) is 0 Å². The molecule has 0 spiro atoms. The number of hydrazine groups is 1. The first-order valence-electron chi connectivity index (χ1n) is 7.31. The van der Waals surface area contributed by atoms with Crippen LogP contribution in [0.5, 0.6) is 0 Å². The Kier molecular flexibility index (Phi) is 8.01. The molecule has 0 aromatic carbocycles. The third-order valence-corrected chi connectivity index (χ3v) is 3.92. The van der Waals surface area contributed by atoms with E-state index in [-0.39, 0.29) is 0 Å². The number of rotatable bonds is 7. The minimum Gasteiger partial charge on any atom is -0.383 e. The van der Waals surface area contributed by atoms with Crippen molar-refractivity contribution < 1.29 is 4.74 Å². The van der Waals surface area contributed by atoms with Gasteiger partial charge in [-0.15, -0.1) is 0 Å². The maximum atomic E-state index is 5.58. The van der Waals surface area contributed by atoms with Gasteiger partial charge in [0.2, 0.25) is 0 Å². The van der Waals surface area contributed by atoms with Gasteiger partial charge >= 0.3 is 0 Å². The van der Waals surface area contributed by atoms with Gasteiger partial charge < -0.3 is 10.2 Å². The highest BCUT2D eigenvalue weighted by Crippen LogP contribution is 2.32. The quantitative estimate of drug-likeness (QED) is 0.241. The van der Waals surface area contributed by atoms with Crippen molar-refractivity contribution in [1.82, 2.24) is 5.43 Å². The zero-order valence-corrected chi connectivity index (χ0v) is 12.0. The number of unbranched alkanes of at least 4 members (excludes halogenated alkanes) is 1. The highest BCUT2D eigenvalue weighted by molar-refractivity contribution is 5.84. The van der Waals surface area contributed by atoms with Crippen LogP contribution in [0.3, 0.4) is 0 Å². The van der Waals surface area contributed by atoms with Crippen molar-refractivity contribution in [2.45, 2.75) is 51.9 Å². The minimum atomic E-state index is 0.532. The third kappa shape index (κ3) is 5.36. The van der Waals surface area contributed by atoms with Crippen molar-refractivity contribution >= 4 is 5.84 Å². The zero-order chi connectivity index (χ0) is 13.2. The monoisotopic (exact) mass is 255 g/mol. The molecule has 0 aromatic rings. The van der Waals surface area contributed by atoms with Gasteiger partial charge in [0.25, 0.3) is 0 Å². The molecule has 3 N–H and O–H groups in total. The summed E-state index contributed by atoms with van der Waals surface area (Å²) in [6.07, 6.45) is 9.20. The molecule has 0 saturated heterocycles. The molecular weight excluding hydrogens is 226 g/mol. The highest BCUT2D eigenvalue weighted by atomic mass is 16.5. The van der Waals surface area contributed by atoms with Crippen molar-refractivity contribution in [3.05, 3.63) is 0 Å². The predicted octanol–water partition coefficient (Wildman–Crippen LogP) is 2.49. The summed E-state index contributed by atoms with van der Waals surface area (Å²) in [6.45, 7) is 3.63. The first-order chi connectivity index (χ1) is 8.81. The first kappa shape index (κ1) is 15.4. The topological polar surface area (TPSA) is 59.6 Å². The van der Waals surface area contributed by atoms with Crippen LogP contribution in [0.15, 0.2) is 4.99 Å². The lowest BCUT2D eigenvalue weighted by Crippen LogP contribution is -2.38. The highest BCUT2D eigenvalue weighted by Gasteiger charge is 2.24. The second kappa shape index (κ2) is 9.34. The maximum Gasteiger partial charge on any atom is 0.113 e. The van der Waals surface area contributed by atoms with Crippen LogP contribution in [0.2, 0.25) is 0 Å². The van der Waals surface area contributed by atoms with Gasteiger partial charge in [-0.1, -0.05) is 26.2 Å². The molecule has 4 nitrogen and oxygen atoms in total. The molecule has 0 amide bonds. The van der Waals surface area contributed by atoms with E-state index in [1.54, 1.807) is 7.11 Å². The zero-order valence-electron chi connectivity index (χ0n) is 12.0. The van der Waals surface area contributed by atoms with Crippen molar-refractivity contribution in [3.8, 4) is 0 Å². The Balaban J connectivity index is 2.32. The van der Waals surface area contributed by atoms with Gasteiger partial charge in [-0.05, 0) is 31.6 Å². The van der Waals surface area contributed by atoms with E-state index >= 15 is 0 Å². The lowest BCUT2D eigenvalue weighted by atomic mass is 9.79. The van der Waals surface area contributed by atoms with E-state index in [4.69, 9.17) is 10.6 Å².